The largest absolute Gasteiger partial charge is 0.461 e. The molecule has 0 aliphatic carbocycles. The number of carbonyl (C=O) groups excluding carboxylic acids is 1. The minimum atomic E-state index is -4.30. The Balaban J connectivity index is 4.95. The molecule has 90 valence electrons. The van der Waals surface area contributed by atoms with Crippen molar-refractivity contribution in [2.75, 3.05) is 19.4 Å². The molecule has 0 aliphatic heterocycles. The number of hydrogen-bond acceptors (Lipinski definition) is 4. The summed E-state index contributed by atoms with van der Waals surface area (Å²) in [6.45, 7) is 3.78. The average Bonchev–Trinajstić information content (AvgIpc) is 2.18. The number of rotatable bonds is 6. The van der Waals surface area contributed by atoms with Crippen molar-refractivity contribution in [3.63, 3.8) is 0 Å². The quantitative estimate of drug-likeness (QED) is 0.532. The average molecular weight is 244 g/mol. The number of esters is 1. The maximum atomic E-state index is 13.4. The van der Waals surface area contributed by atoms with Crippen LogP contribution in [-0.4, -0.2) is 31.0 Å². The lowest BCUT2D eigenvalue weighted by Gasteiger charge is -2.23. The van der Waals surface area contributed by atoms with Crippen molar-refractivity contribution >= 4 is 13.3 Å². The smallest absolute Gasteiger partial charge is 0.415 e. The number of alkyl halides is 2. The third-order valence-corrected chi connectivity index (χ3v) is 4.25. The van der Waals surface area contributed by atoms with Crippen molar-refractivity contribution in [3.05, 3.63) is 0 Å². The molecule has 0 rings (SSSR count). The van der Waals surface area contributed by atoms with Crippen LogP contribution in [0.3, 0.4) is 0 Å². The highest BCUT2D eigenvalue weighted by Crippen LogP contribution is 2.61. The van der Waals surface area contributed by atoms with Gasteiger partial charge < -0.3 is 9.26 Å². The van der Waals surface area contributed by atoms with Crippen molar-refractivity contribution < 1.29 is 27.4 Å². The molecule has 15 heavy (non-hydrogen) atoms. The maximum absolute atomic E-state index is 13.4. The zero-order chi connectivity index (χ0) is 12.1. The highest BCUT2D eigenvalue weighted by Gasteiger charge is 2.58. The summed E-state index contributed by atoms with van der Waals surface area (Å²) in [5.41, 5.74) is -4.06. The summed E-state index contributed by atoms with van der Waals surface area (Å²) in [5.74, 6) is -1.79. The monoisotopic (exact) mass is 244 g/mol. The highest BCUT2D eigenvalue weighted by atomic mass is 31.2. The highest BCUT2D eigenvalue weighted by molar-refractivity contribution is 7.61. The van der Waals surface area contributed by atoms with Gasteiger partial charge in [-0.05, 0) is 13.8 Å². The van der Waals surface area contributed by atoms with Gasteiger partial charge in [-0.1, -0.05) is 6.92 Å². The van der Waals surface area contributed by atoms with E-state index in [0.717, 1.165) is 0 Å². The summed E-state index contributed by atoms with van der Waals surface area (Å²) < 4.78 is 47.1. The van der Waals surface area contributed by atoms with Crippen molar-refractivity contribution in [2.45, 2.75) is 26.4 Å². The molecule has 0 aromatic heterocycles. The van der Waals surface area contributed by atoms with E-state index in [9.17, 15) is 18.1 Å². The van der Waals surface area contributed by atoms with E-state index in [1.807, 2.05) is 0 Å². The van der Waals surface area contributed by atoms with Crippen LogP contribution in [-0.2, 0) is 18.6 Å². The van der Waals surface area contributed by atoms with Gasteiger partial charge in [0.2, 0.25) is 0 Å². The summed E-state index contributed by atoms with van der Waals surface area (Å²) in [5, 5.41) is 0. The van der Waals surface area contributed by atoms with Gasteiger partial charge in [-0.3, -0.25) is 4.57 Å². The van der Waals surface area contributed by atoms with E-state index in [-0.39, 0.29) is 13.2 Å². The number of carbonyl (C=O) groups is 1. The van der Waals surface area contributed by atoms with Crippen molar-refractivity contribution in [1.29, 1.82) is 0 Å². The second-order valence-corrected chi connectivity index (χ2v) is 5.47. The van der Waals surface area contributed by atoms with Gasteiger partial charge in [0.05, 0.1) is 13.2 Å². The van der Waals surface area contributed by atoms with Gasteiger partial charge in [0.1, 0.15) is 0 Å². The lowest BCUT2D eigenvalue weighted by Crippen LogP contribution is -2.32. The molecule has 0 aromatic rings. The summed E-state index contributed by atoms with van der Waals surface area (Å²) in [6, 6.07) is 0. The number of halogens is 2. The zero-order valence-electron chi connectivity index (χ0n) is 8.96. The summed E-state index contributed by atoms with van der Waals surface area (Å²) in [7, 11) is -4.30. The third-order valence-electron chi connectivity index (χ3n) is 1.70. The van der Waals surface area contributed by atoms with Gasteiger partial charge in [-0.15, -0.1) is 0 Å². The fourth-order valence-corrected chi connectivity index (χ4v) is 2.44. The molecule has 0 aliphatic rings. The molecular formula is C8H15F2O4P. The first-order chi connectivity index (χ1) is 6.85. The van der Waals surface area contributed by atoms with Crippen LogP contribution in [0.4, 0.5) is 8.78 Å². The van der Waals surface area contributed by atoms with Crippen molar-refractivity contribution in [1.82, 2.24) is 0 Å². The van der Waals surface area contributed by atoms with Crippen LogP contribution in [0.1, 0.15) is 20.8 Å². The predicted octanol–water partition coefficient (Wildman–Crippen LogP) is 2.48. The minimum Gasteiger partial charge on any atom is -0.461 e. The molecule has 0 bridgehead atoms. The lowest BCUT2D eigenvalue weighted by atomic mass is 10.7. The normalized spacial score (nSPS) is 15.8. The Labute approximate surface area is 87.4 Å². The Morgan fingerprint density at radius 1 is 1.27 bits per heavy atom. The van der Waals surface area contributed by atoms with Crippen LogP contribution in [0.5, 0.6) is 0 Å². The van der Waals surface area contributed by atoms with Crippen LogP contribution in [0.15, 0.2) is 0 Å². The SMILES string of the molecule is CCOC(=O)C(F)(F)P(=O)(CC)OCC. The second-order valence-electron chi connectivity index (χ2n) is 2.67. The lowest BCUT2D eigenvalue weighted by molar-refractivity contribution is -0.161. The van der Waals surface area contributed by atoms with Gasteiger partial charge in [0, 0.05) is 6.16 Å². The first-order valence-corrected chi connectivity index (χ1v) is 6.45. The van der Waals surface area contributed by atoms with E-state index in [1.165, 1.54) is 20.8 Å². The molecule has 0 heterocycles. The molecule has 0 saturated carbocycles. The van der Waals surface area contributed by atoms with E-state index in [0.29, 0.717) is 0 Å². The van der Waals surface area contributed by atoms with Crippen LogP contribution in [0, 0.1) is 0 Å². The van der Waals surface area contributed by atoms with Crippen LogP contribution >= 0.6 is 7.37 Å². The summed E-state index contributed by atoms with van der Waals surface area (Å²) in [4.78, 5) is 10.9. The Morgan fingerprint density at radius 3 is 2.13 bits per heavy atom. The summed E-state index contributed by atoms with van der Waals surface area (Å²) in [6.07, 6.45) is -0.410. The molecule has 7 heteroatoms. The molecule has 0 aromatic carbocycles. The Morgan fingerprint density at radius 2 is 1.80 bits per heavy atom. The zero-order valence-corrected chi connectivity index (χ0v) is 9.85. The molecule has 1 atom stereocenters. The van der Waals surface area contributed by atoms with Crippen LogP contribution < -0.4 is 0 Å². The van der Waals surface area contributed by atoms with Crippen molar-refractivity contribution in [3.8, 4) is 0 Å². The van der Waals surface area contributed by atoms with Gasteiger partial charge in [-0.2, -0.15) is 8.78 Å². The van der Waals surface area contributed by atoms with E-state index < -0.39 is 25.2 Å². The molecule has 0 N–H and O–H groups in total. The Kier molecular flexibility index (Phi) is 5.38. The molecule has 0 radical (unpaired) electrons. The molecule has 0 amide bonds. The van der Waals surface area contributed by atoms with E-state index in [2.05, 4.69) is 9.26 Å². The maximum Gasteiger partial charge on any atom is 0.415 e. The molecule has 4 nitrogen and oxygen atoms in total. The van der Waals surface area contributed by atoms with Crippen LogP contribution in [0.2, 0.25) is 0 Å². The molecule has 0 spiro atoms. The topological polar surface area (TPSA) is 52.6 Å². The molecule has 0 saturated heterocycles. The molecule has 1 unspecified atom stereocenters. The molecular weight excluding hydrogens is 229 g/mol. The standard InChI is InChI=1S/C8H15F2O4P/c1-4-13-7(11)8(9,10)15(12,6-3)14-5-2/h4-6H2,1-3H3. The predicted molar refractivity (Wildman–Crippen MR) is 51.4 cm³/mol. The Hall–Kier alpha value is -0.480. The summed E-state index contributed by atoms with van der Waals surface area (Å²) >= 11 is 0. The van der Waals surface area contributed by atoms with Gasteiger partial charge in [0.15, 0.2) is 0 Å². The molecule has 0 fully saturated rings. The minimum absolute atomic E-state index is 0.139. The van der Waals surface area contributed by atoms with E-state index in [1.54, 1.807) is 0 Å². The number of ether oxygens (including phenoxy) is 1. The second kappa shape index (κ2) is 5.56. The fraction of sp³-hybridized carbons (Fsp3) is 0.875. The first kappa shape index (κ1) is 14.5. The van der Waals surface area contributed by atoms with Gasteiger partial charge in [-0.25, -0.2) is 4.79 Å². The van der Waals surface area contributed by atoms with Crippen molar-refractivity contribution in [2.24, 2.45) is 0 Å². The van der Waals surface area contributed by atoms with Crippen LogP contribution in [0.25, 0.3) is 0 Å². The Bertz CT molecular complexity index is 267. The van der Waals surface area contributed by atoms with Gasteiger partial charge >= 0.3 is 11.6 Å². The fourth-order valence-electron chi connectivity index (χ4n) is 0.936. The third kappa shape index (κ3) is 2.98. The van der Waals surface area contributed by atoms with E-state index in [4.69, 9.17) is 0 Å². The number of hydrogen-bond donors (Lipinski definition) is 0. The van der Waals surface area contributed by atoms with Gasteiger partial charge in [0.25, 0.3) is 7.37 Å². The van der Waals surface area contributed by atoms with E-state index >= 15 is 0 Å². The first-order valence-electron chi connectivity index (χ1n) is 4.64.